The zero-order valence-corrected chi connectivity index (χ0v) is 10.5. The summed E-state index contributed by atoms with van der Waals surface area (Å²) >= 11 is 0. The van der Waals surface area contributed by atoms with Gasteiger partial charge in [0.25, 0.3) is 0 Å². The van der Waals surface area contributed by atoms with E-state index in [0.29, 0.717) is 5.75 Å². The molecule has 1 aromatic rings. The van der Waals surface area contributed by atoms with Gasteiger partial charge >= 0.3 is 5.97 Å². The average Bonchev–Trinajstić information content (AvgIpc) is 2.26. The van der Waals surface area contributed by atoms with Gasteiger partial charge in [-0.3, -0.25) is 0 Å². The third-order valence-electron chi connectivity index (χ3n) is 2.11. The van der Waals surface area contributed by atoms with Crippen molar-refractivity contribution in [2.24, 2.45) is 5.73 Å². The number of esters is 1. The first-order valence-electron chi connectivity index (χ1n) is 5.67. The van der Waals surface area contributed by atoms with Gasteiger partial charge in [-0.05, 0) is 38.5 Å². The van der Waals surface area contributed by atoms with Gasteiger partial charge in [-0.15, -0.1) is 0 Å². The predicted octanol–water partition coefficient (Wildman–Crippen LogP) is 2.04. The van der Waals surface area contributed by atoms with Crippen molar-refractivity contribution in [3.63, 3.8) is 0 Å². The molecule has 1 unspecified atom stereocenters. The third-order valence-corrected chi connectivity index (χ3v) is 2.11. The first-order valence-corrected chi connectivity index (χ1v) is 5.67. The molecule has 0 amide bonds. The molecule has 0 fully saturated rings. The van der Waals surface area contributed by atoms with Crippen LogP contribution in [0.2, 0.25) is 0 Å². The number of benzene rings is 1. The van der Waals surface area contributed by atoms with E-state index in [2.05, 4.69) is 0 Å². The molecule has 0 aliphatic heterocycles. The van der Waals surface area contributed by atoms with Crippen molar-refractivity contribution in [3.8, 4) is 5.75 Å². The van der Waals surface area contributed by atoms with Crippen molar-refractivity contribution in [2.45, 2.75) is 32.9 Å². The van der Waals surface area contributed by atoms with Gasteiger partial charge in [0.15, 0.2) is 6.61 Å². The van der Waals surface area contributed by atoms with E-state index in [-0.39, 0.29) is 24.7 Å². The molecule has 1 rings (SSSR count). The van der Waals surface area contributed by atoms with Crippen LogP contribution in [0.3, 0.4) is 0 Å². The molecule has 2 N–H and O–H groups in total. The predicted molar refractivity (Wildman–Crippen MR) is 65.8 cm³/mol. The minimum absolute atomic E-state index is 0.0545. The molecule has 4 heteroatoms. The topological polar surface area (TPSA) is 61.5 Å². The van der Waals surface area contributed by atoms with Gasteiger partial charge in [-0.25, -0.2) is 4.79 Å². The standard InChI is InChI=1S/C13H19NO3/c1-9(2)17-13(15)8-16-12-6-4-5-11(7-12)10(3)14/h4-7,9-10H,8,14H2,1-3H3. The highest BCUT2D eigenvalue weighted by Crippen LogP contribution is 2.17. The summed E-state index contributed by atoms with van der Waals surface area (Å²) in [5, 5.41) is 0. The second kappa shape index (κ2) is 6.25. The lowest BCUT2D eigenvalue weighted by atomic mass is 10.1. The molecule has 0 saturated carbocycles. The molecule has 0 aromatic heterocycles. The monoisotopic (exact) mass is 237 g/mol. The number of nitrogens with two attached hydrogens (primary N) is 1. The maximum absolute atomic E-state index is 11.3. The smallest absolute Gasteiger partial charge is 0.344 e. The normalized spacial score (nSPS) is 12.3. The Balaban J connectivity index is 2.52. The van der Waals surface area contributed by atoms with E-state index in [9.17, 15) is 4.79 Å². The summed E-state index contributed by atoms with van der Waals surface area (Å²) in [7, 11) is 0. The van der Waals surface area contributed by atoms with Gasteiger partial charge in [0, 0.05) is 6.04 Å². The second-order valence-electron chi connectivity index (χ2n) is 4.19. The maximum Gasteiger partial charge on any atom is 0.344 e. The molecule has 17 heavy (non-hydrogen) atoms. The number of rotatable bonds is 5. The van der Waals surface area contributed by atoms with Crippen LogP contribution in [0.5, 0.6) is 5.75 Å². The molecule has 0 bridgehead atoms. The first-order chi connectivity index (χ1) is 7.99. The van der Waals surface area contributed by atoms with Crippen molar-refractivity contribution in [1.29, 1.82) is 0 Å². The fraction of sp³-hybridized carbons (Fsp3) is 0.462. The van der Waals surface area contributed by atoms with Crippen LogP contribution in [0.1, 0.15) is 32.4 Å². The van der Waals surface area contributed by atoms with E-state index in [0.717, 1.165) is 5.56 Å². The number of ether oxygens (including phenoxy) is 2. The molecule has 4 nitrogen and oxygen atoms in total. The number of carbonyl (C=O) groups excluding carboxylic acids is 1. The second-order valence-corrected chi connectivity index (χ2v) is 4.19. The van der Waals surface area contributed by atoms with Gasteiger partial charge in [-0.2, -0.15) is 0 Å². The van der Waals surface area contributed by atoms with E-state index < -0.39 is 0 Å². The third kappa shape index (κ3) is 4.87. The van der Waals surface area contributed by atoms with Crippen LogP contribution in [-0.4, -0.2) is 18.7 Å². The Hall–Kier alpha value is -1.55. The summed E-state index contributed by atoms with van der Waals surface area (Å²) in [4.78, 5) is 11.3. The van der Waals surface area contributed by atoms with Crippen molar-refractivity contribution < 1.29 is 14.3 Å². The van der Waals surface area contributed by atoms with E-state index in [1.54, 1.807) is 19.9 Å². The van der Waals surface area contributed by atoms with Crippen molar-refractivity contribution in [3.05, 3.63) is 29.8 Å². The van der Waals surface area contributed by atoms with Crippen LogP contribution >= 0.6 is 0 Å². The molecule has 94 valence electrons. The molecular weight excluding hydrogens is 218 g/mol. The quantitative estimate of drug-likeness (QED) is 0.796. The van der Waals surface area contributed by atoms with Gasteiger partial charge in [0.2, 0.25) is 0 Å². The summed E-state index contributed by atoms with van der Waals surface area (Å²) in [6.45, 7) is 5.41. The minimum Gasteiger partial charge on any atom is -0.482 e. The summed E-state index contributed by atoms with van der Waals surface area (Å²) in [6, 6.07) is 7.33. The Morgan fingerprint density at radius 3 is 2.65 bits per heavy atom. The highest BCUT2D eigenvalue weighted by atomic mass is 16.6. The first kappa shape index (κ1) is 13.5. The van der Waals surface area contributed by atoms with E-state index >= 15 is 0 Å². The van der Waals surface area contributed by atoms with E-state index in [1.807, 2.05) is 25.1 Å². The SMILES string of the molecule is CC(C)OC(=O)COc1cccc(C(C)N)c1. The Morgan fingerprint density at radius 1 is 1.35 bits per heavy atom. The zero-order chi connectivity index (χ0) is 12.8. The molecule has 0 saturated heterocycles. The molecule has 0 aliphatic carbocycles. The van der Waals surface area contributed by atoms with Gasteiger partial charge < -0.3 is 15.2 Å². The largest absolute Gasteiger partial charge is 0.482 e. The maximum atomic E-state index is 11.3. The molecule has 0 aliphatic rings. The summed E-state index contributed by atoms with van der Waals surface area (Å²) < 4.78 is 10.3. The summed E-state index contributed by atoms with van der Waals surface area (Å²) in [5.41, 5.74) is 6.73. The molecule has 0 spiro atoms. The number of hydrogen-bond donors (Lipinski definition) is 1. The van der Waals surface area contributed by atoms with E-state index in [4.69, 9.17) is 15.2 Å². The van der Waals surface area contributed by atoms with Gasteiger partial charge in [-0.1, -0.05) is 12.1 Å². The highest BCUT2D eigenvalue weighted by Gasteiger charge is 2.07. The fourth-order valence-electron chi connectivity index (χ4n) is 1.33. The molecule has 1 atom stereocenters. The van der Waals surface area contributed by atoms with Crippen molar-refractivity contribution in [2.75, 3.05) is 6.61 Å². The van der Waals surface area contributed by atoms with Crippen molar-refractivity contribution in [1.82, 2.24) is 0 Å². The number of carbonyl (C=O) groups is 1. The van der Waals surface area contributed by atoms with Crippen molar-refractivity contribution >= 4 is 5.97 Å². The molecule has 1 aromatic carbocycles. The lowest BCUT2D eigenvalue weighted by Gasteiger charge is -2.11. The van der Waals surface area contributed by atoms with Crippen LogP contribution in [0.25, 0.3) is 0 Å². The molecule has 0 heterocycles. The Kier molecular flexibility index (Phi) is 4.97. The minimum atomic E-state index is -0.369. The summed E-state index contributed by atoms with van der Waals surface area (Å²) in [5.74, 6) is 0.256. The average molecular weight is 237 g/mol. The fourth-order valence-corrected chi connectivity index (χ4v) is 1.33. The lowest BCUT2D eigenvalue weighted by Crippen LogP contribution is -2.18. The van der Waals surface area contributed by atoms with E-state index in [1.165, 1.54) is 0 Å². The van der Waals surface area contributed by atoms with Crippen LogP contribution in [-0.2, 0) is 9.53 Å². The van der Waals surface area contributed by atoms with Gasteiger partial charge in [0.1, 0.15) is 5.75 Å². The Bertz CT molecular complexity index is 375. The molecule has 0 radical (unpaired) electrons. The van der Waals surface area contributed by atoms with Gasteiger partial charge in [0.05, 0.1) is 6.10 Å². The number of hydrogen-bond acceptors (Lipinski definition) is 4. The summed E-state index contributed by atoms with van der Waals surface area (Å²) in [6.07, 6.45) is -0.124. The van der Waals surface area contributed by atoms with Crippen LogP contribution < -0.4 is 10.5 Å². The zero-order valence-electron chi connectivity index (χ0n) is 10.5. The van der Waals surface area contributed by atoms with Crippen LogP contribution in [0.15, 0.2) is 24.3 Å². The lowest BCUT2D eigenvalue weighted by molar-refractivity contribution is -0.149. The van der Waals surface area contributed by atoms with Crippen LogP contribution in [0, 0.1) is 0 Å². The Morgan fingerprint density at radius 2 is 2.06 bits per heavy atom. The Labute approximate surface area is 102 Å². The highest BCUT2D eigenvalue weighted by molar-refractivity contribution is 5.71. The van der Waals surface area contributed by atoms with Crippen LogP contribution in [0.4, 0.5) is 0 Å². The molecular formula is C13H19NO3.